The van der Waals surface area contributed by atoms with Crippen molar-refractivity contribution in [1.29, 1.82) is 0 Å². The zero-order valence-corrected chi connectivity index (χ0v) is 13.8. The first-order valence-electron chi connectivity index (χ1n) is 7.77. The number of aromatic nitrogens is 2. The Hall–Kier alpha value is -2.83. The molecule has 2 aromatic rings. The van der Waals surface area contributed by atoms with Gasteiger partial charge in [-0.05, 0) is 44.5 Å². The third-order valence-electron chi connectivity index (χ3n) is 3.74. The highest BCUT2D eigenvalue weighted by molar-refractivity contribution is 5.95. The number of rotatable bonds is 4. The maximum absolute atomic E-state index is 12.2. The minimum Gasteiger partial charge on any atom is -0.482 e. The average molecular weight is 329 g/mol. The number of amides is 1. The molecule has 1 aromatic heterocycles. The highest BCUT2D eigenvalue weighted by atomic mass is 16.5. The molecule has 1 amide bonds. The number of anilines is 1. The molecule has 1 aromatic carbocycles. The van der Waals surface area contributed by atoms with Crippen LogP contribution in [0.3, 0.4) is 0 Å². The van der Waals surface area contributed by atoms with Crippen molar-refractivity contribution in [2.75, 3.05) is 11.9 Å². The zero-order chi connectivity index (χ0) is 17.3. The van der Waals surface area contributed by atoms with E-state index in [-0.39, 0.29) is 24.2 Å². The van der Waals surface area contributed by atoms with Gasteiger partial charge in [0.15, 0.2) is 12.3 Å². The fourth-order valence-electron chi connectivity index (χ4n) is 2.38. The molecule has 0 fully saturated rings. The van der Waals surface area contributed by atoms with Crippen LogP contribution in [0, 0.1) is 0 Å². The molecule has 0 aliphatic carbocycles. The Morgan fingerprint density at radius 3 is 2.83 bits per heavy atom. The predicted molar refractivity (Wildman–Crippen MR) is 87.0 cm³/mol. The van der Waals surface area contributed by atoms with E-state index in [1.54, 1.807) is 42.1 Å². The first-order chi connectivity index (χ1) is 11.4. The summed E-state index contributed by atoms with van der Waals surface area (Å²) in [5.74, 6) is -0.0871. The molecule has 1 aliphatic rings. The lowest BCUT2D eigenvalue weighted by atomic mass is 10.1. The summed E-state index contributed by atoms with van der Waals surface area (Å²) in [4.78, 5) is 23.6. The quantitative estimate of drug-likeness (QED) is 0.872. The van der Waals surface area contributed by atoms with Gasteiger partial charge in [0.25, 0.3) is 5.91 Å². The van der Waals surface area contributed by atoms with Crippen molar-refractivity contribution in [3.05, 3.63) is 41.7 Å². The van der Waals surface area contributed by atoms with Crippen molar-refractivity contribution in [2.45, 2.75) is 32.9 Å². The molecular weight excluding hydrogens is 310 g/mol. The van der Waals surface area contributed by atoms with Gasteiger partial charge in [-0.1, -0.05) is 6.07 Å². The topological polar surface area (TPSA) is 82.5 Å². The van der Waals surface area contributed by atoms with Crippen molar-refractivity contribution in [3.8, 4) is 5.75 Å². The van der Waals surface area contributed by atoms with Crippen LogP contribution in [-0.4, -0.2) is 28.3 Å². The molecule has 0 unspecified atom stereocenters. The Balaban J connectivity index is 1.72. The zero-order valence-electron chi connectivity index (χ0n) is 13.8. The summed E-state index contributed by atoms with van der Waals surface area (Å²) < 4.78 is 12.5. The van der Waals surface area contributed by atoms with E-state index in [4.69, 9.17) is 9.47 Å². The van der Waals surface area contributed by atoms with Gasteiger partial charge in [0, 0.05) is 12.2 Å². The van der Waals surface area contributed by atoms with E-state index in [9.17, 15) is 9.59 Å². The fraction of sp³-hybridized carbons (Fsp3) is 0.353. The SMILES string of the molecule is CC(C)n1ccc(C(=O)O[C@H](C)c2ccc3c(c2)NC(=O)CO3)n1. The van der Waals surface area contributed by atoms with Crippen LogP contribution in [0.5, 0.6) is 5.75 Å². The second-order valence-corrected chi connectivity index (χ2v) is 5.91. The van der Waals surface area contributed by atoms with Crippen LogP contribution in [0.15, 0.2) is 30.5 Å². The highest BCUT2D eigenvalue weighted by Crippen LogP contribution is 2.31. The fourth-order valence-corrected chi connectivity index (χ4v) is 2.38. The largest absolute Gasteiger partial charge is 0.482 e. The van der Waals surface area contributed by atoms with Gasteiger partial charge in [-0.3, -0.25) is 9.48 Å². The Morgan fingerprint density at radius 1 is 1.33 bits per heavy atom. The second kappa shape index (κ2) is 6.35. The van der Waals surface area contributed by atoms with Crippen molar-refractivity contribution < 1.29 is 19.1 Å². The van der Waals surface area contributed by atoms with E-state index < -0.39 is 12.1 Å². The van der Waals surface area contributed by atoms with Gasteiger partial charge in [-0.15, -0.1) is 0 Å². The molecule has 7 nitrogen and oxygen atoms in total. The lowest BCUT2D eigenvalue weighted by molar-refractivity contribution is -0.118. The molecule has 0 bridgehead atoms. The Kier molecular flexibility index (Phi) is 4.24. The molecule has 24 heavy (non-hydrogen) atoms. The van der Waals surface area contributed by atoms with E-state index in [1.165, 1.54) is 0 Å². The van der Waals surface area contributed by atoms with Gasteiger partial charge in [-0.25, -0.2) is 4.79 Å². The van der Waals surface area contributed by atoms with E-state index in [0.29, 0.717) is 11.4 Å². The van der Waals surface area contributed by atoms with Crippen LogP contribution in [0.25, 0.3) is 0 Å². The summed E-state index contributed by atoms with van der Waals surface area (Å²) in [5, 5.41) is 6.94. The molecule has 126 valence electrons. The van der Waals surface area contributed by atoms with Crippen molar-refractivity contribution in [3.63, 3.8) is 0 Å². The number of fused-ring (bicyclic) bond motifs is 1. The summed E-state index contributed by atoms with van der Waals surface area (Å²) in [6.07, 6.45) is 1.27. The van der Waals surface area contributed by atoms with E-state index >= 15 is 0 Å². The number of hydrogen-bond acceptors (Lipinski definition) is 5. The normalized spacial score (nSPS) is 14.6. The van der Waals surface area contributed by atoms with Gasteiger partial charge in [0.2, 0.25) is 0 Å². The molecule has 1 aliphatic heterocycles. The lowest BCUT2D eigenvalue weighted by Crippen LogP contribution is -2.25. The van der Waals surface area contributed by atoms with Gasteiger partial charge in [0.1, 0.15) is 11.9 Å². The Bertz CT molecular complexity index is 782. The number of ether oxygens (including phenoxy) is 2. The second-order valence-electron chi connectivity index (χ2n) is 5.91. The van der Waals surface area contributed by atoms with Crippen LogP contribution in [0.1, 0.15) is 49.0 Å². The van der Waals surface area contributed by atoms with E-state index in [2.05, 4.69) is 10.4 Å². The molecule has 0 saturated carbocycles. The maximum atomic E-state index is 12.2. The van der Waals surface area contributed by atoms with Gasteiger partial charge in [-0.2, -0.15) is 5.10 Å². The monoisotopic (exact) mass is 329 g/mol. The van der Waals surface area contributed by atoms with Gasteiger partial charge in [0.05, 0.1) is 5.69 Å². The van der Waals surface area contributed by atoms with Crippen molar-refractivity contribution in [1.82, 2.24) is 9.78 Å². The molecule has 0 radical (unpaired) electrons. The number of benzene rings is 1. The van der Waals surface area contributed by atoms with Crippen LogP contribution >= 0.6 is 0 Å². The third kappa shape index (κ3) is 3.24. The number of nitrogens with one attached hydrogen (secondary N) is 1. The summed E-state index contributed by atoms with van der Waals surface area (Å²) in [6.45, 7) is 5.74. The summed E-state index contributed by atoms with van der Waals surface area (Å²) in [5.41, 5.74) is 1.61. The number of carbonyl (C=O) groups excluding carboxylic acids is 2. The summed E-state index contributed by atoms with van der Waals surface area (Å²) in [7, 11) is 0. The number of esters is 1. The van der Waals surface area contributed by atoms with Crippen LogP contribution in [-0.2, 0) is 9.53 Å². The molecule has 1 N–H and O–H groups in total. The summed E-state index contributed by atoms with van der Waals surface area (Å²) >= 11 is 0. The Labute approximate surface area is 139 Å². The first kappa shape index (κ1) is 16.0. The van der Waals surface area contributed by atoms with E-state index in [1.807, 2.05) is 13.8 Å². The third-order valence-corrected chi connectivity index (χ3v) is 3.74. The molecule has 0 saturated heterocycles. The van der Waals surface area contributed by atoms with Crippen LogP contribution in [0.2, 0.25) is 0 Å². The van der Waals surface area contributed by atoms with Crippen molar-refractivity contribution >= 4 is 17.6 Å². The molecule has 3 rings (SSSR count). The van der Waals surface area contributed by atoms with Crippen LogP contribution < -0.4 is 10.1 Å². The van der Waals surface area contributed by atoms with Crippen molar-refractivity contribution in [2.24, 2.45) is 0 Å². The first-order valence-corrected chi connectivity index (χ1v) is 7.77. The minimum atomic E-state index is -0.486. The minimum absolute atomic E-state index is 0.00932. The maximum Gasteiger partial charge on any atom is 0.359 e. The Morgan fingerprint density at radius 2 is 2.12 bits per heavy atom. The predicted octanol–water partition coefficient (Wildman–Crippen LogP) is 2.71. The molecule has 1 atom stereocenters. The molecule has 2 heterocycles. The standard InChI is InChI=1S/C17H19N3O4/c1-10(2)20-7-6-13(19-20)17(22)24-11(3)12-4-5-15-14(8-12)18-16(21)9-23-15/h4-8,10-11H,9H2,1-3H3,(H,18,21)/t11-/m1/s1. The average Bonchev–Trinajstić information content (AvgIpc) is 3.04. The highest BCUT2D eigenvalue weighted by Gasteiger charge is 2.20. The summed E-state index contributed by atoms with van der Waals surface area (Å²) in [6, 6.07) is 7.11. The molecule has 0 spiro atoms. The number of nitrogens with zero attached hydrogens (tertiary/aromatic N) is 2. The lowest BCUT2D eigenvalue weighted by Gasteiger charge is -2.20. The van der Waals surface area contributed by atoms with Gasteiger partial charge >= 0.3 is 5.97 Å². The molecular formula is C17H19N3O4. The molecule has 7 heteroatoms. The number of hydrogen-bond donors (Lipinski definition) is 1. The number of carbonyl (C=O) groups is 2. The van der Waals surface area contributed by atoms with Gasteiger partial charge < -0.3 is 14.8 Å². The van der Waals surface area contributed by atoms with Crippen LogP contribution in [0.4, 0.5) is 5.69 Å². The smallest absolute Gasteiger partial charge is 0.359 e. The van der Waals surface area contributed by atoms with E-state index in [0.717, 1.165) is 5.56 Å².